The number of amides is 2. The maximum Gasteiger partial charge on any atom is 0.407 e. The SMILES string of the molecule is CCNc1nc(Nc2cc(C#N)cc(N3CC[C@@H](NC(=O)OC)[C@@H](N(C)[C@H](C)C(N)=O)C3)c2Cl)nn2c(C#N)cnc12. The van der Waals surface area contributed by atoms with E-state index in [0.717, 1.165) is 0 Å². The van der Waals surface area contributed by atoms with Gasteiger partial charge in [0, 0.05) is 25.7 Å². The topological polar surface area (TPSA) is 203 Å². The fraction of sp³-hybridized carbons (Fsp3) is 0.423. The van der Waals surface area contributed by atoms with Gasteiger partial charge in [0.2, 0.25) is 11.9 Å². The molecule has 220 valence electrons. The predicted molar refractivity (Wildman–Crippen MR) is 155 cm³/mol. The van der Waals surface area contributed by atoms with Crippen LogP contribution in [0.25, 0.3) is 5.65 Å². The second kappa shape index (κ2) is 12.8. The molecular formula is C26H31ClN12O3. The number of rotatable bonds is 9. The van der Waals surface area contributed by atoms with E-state index in [1.165, 1.54) is 17.8 Å². The van der Waals surface area contributed by atoms with Gasteiger partial charge in [0.25, 0.3) is 0 Å². The molecule has 2 amide bonds. The lowest BCUT2D eigenvalue weighted by Gasteiger charge is -2.45. The number of halogens is 1. The second-order valence-corrected chi connectivity index (χ2v) is 10.1. The number of hydrogen-bond donors (Lipinski definition) is 4. The lowest BCUT2D eigenvalue weighted by atomic mass is 9.96. The van der Waals surface area contributed by atoms with Gasteiger partial charge in [0.1, 0.15) is 6.07 Å². The molecule has 2 aromatic heterocycles. The van der Waals surface area contributed by atoms with Gasteiger partial charge in [0.15, 0.2) is 17.2 Å². The molecule has 0 spiro atoms. The largest absolute Gasteiger partial charge is 0.453 e. The van der Waals surface area contributed by atoms with Gasteiger partial charge in [-0.15, -0.1) is 5.10 Å². The number of likely N-dealkylation sites (N-methyl/N-ethyl adjacent to an activating group) is 1. The number of primary amides is 1. The van der Waals surface area contributed by atoms with Crippen LogP contribution in [0.3, 0.4) is 0 Å². The summed E-state index contributed by atoms with van der Waals surface area (Å²) < 4.78 is 6.17. The third kappa shape index (κ3) is 6.07. The van der Waals surface area contributed by atoms with Crippen LogP contribution in [0.2, 0.25) is 5.02 Å². The highest BCUT2D eigenvalue weighted by Crippen LogP contribution is 2.37. The molecule has 0 radical (unpaired) electrons. The number of hydrogen-bond acceptors (Lipinski definition) is 12. The summed E-state index contributed by atoms with van der Waals surface area (Å²) >= 11 is 6.93. The Kier molecular flexibility index (Phi) is 9.15. The van der Waals surface area contributed by atoms with Crippen molar-refractivity contribution in [1.29, 1.82) is 10.5 Å². The molecule has 3 heterocycles. The zero-order valence-electron chi connectivity index (χ0n) is 23.6. The second-order valence-electron chi connectivity index (χ2n) is 9.69. The molecule has 4 rings (SSSR count). The third-order valence-corrected chi connectivity index (χ3v) is 7.60. The Morgan fingerprint density at radius 3 is 2.74 bits per heavy atom. The molecule has 3 aromatic rings. The van der Waals surface area contributed by atoms with Crippen LogP contribution in [0, 0.1) is 22.7 Å². The monoisotopic (exact) mass is 594 g/mol. The normalized spacial score (nSPS) is 17.3. The summed E-state index contributed by atoms with van der Waals surface area (Å²) in [6, 6.07) is 6.16. The van der Waals surface area contributed by atoms with Crippen molar-refractivity contribution < 1.29 is 14.3 Å². The summed E-state index contributed by atoms with van der Waals surface area (Å²) in [5.74, 6) is 0.0393. The van der Waals surface area contributed by atoms with Gasteiger partial charge in [-0.25, -0.2) is 9.78 Å². The molecule has 16 heteroatoms. The van der Waals surface area contributed by atoms with E-state index >= 15 is 0 Å². The lowest BCUT2D eigenvalue weighted by Crippen LogP contribution is -2.62. The van der Waals surface area contributed by atoms with Crippen LogP contribution in [0.4, 0.5) is 27.9 Å². The van der Waals surface area contributed by atoms with E-state index in [4.69, 9.17) is 22.1 Å². The predicted octanol–water partition coefficient (Wildman–Crippen LogP) is 1.81. The van der Waals surface area contributed by atoms with E-state index < -0.39 is 18.0 Å². The summed E-state index contributed by atoms with van der Waals surface area (Å²) in [5.41, 5.74) is 7.45. The van der Waals surface area contributed by atoms with Gasteiger partial charge in [0.05, 0.1) is 53.4 Å². The van der Waals surface area contributed by atoms with Crippen molar-refractivity contribution in [2.24, 2.45) is 5.73 Å². The zero-order chi connectivity index (χ0) is 30.6. The van der Waals surface area contributed by atoms with Crippen LogP contribution in [0.5, 0.6) is 0 Å². The van der Waals surface area contributed by atoms with E-state index in [1.807, 2.05) is 11.8 Å². The van der Waals surface area contributed by atoms with Gasteiger partial charge in [-0.2, -0.15) is 20.0 Å². The molecule has 1 aromatic carbocycles. The maximum absolute atomic E-state index is 12.1. The summed E-state index contributed by atoms with van der Waals surface area (Å²) in [6.07, 6.45) is 1.32. The van der Waals surface area contributed by atoms with Crippen LogP contribution in [0.1, 0.15) is 31.5 Å². The highest BCUT2D eigenvalue weighted by atomic mass is 35.5. The Balaban J connectivity index is 1.71. The van der Waals surface area contributed by atoms with E-state index in [2.05, 4.69) is 43.2 Å². The number of carbonyl (C=O) groups excluding carboxylic acids is 2. The molecule has 3 atom stereocenters. The minimum atomic E-state index is -0.616. The Hall–Kier alpha value is -4.86. The first-order chi connectivity index (χ1) is 20.1. The van der Waals surface area contributed by atoms with Gasteiger partial charge in [-0.3, -0.25) is 9.69 Å². The number of nitrogens with two attached hydrogens (primary N) is 1. The van der Waals surface area contributed by atoms with Crippen molar-refractivity contribution in [3.63, 3.8) is 0 Å². The van der Waals surface area contributed by atoms with Crippen LogP contribution in [-0.2, 0) is 9.53 Å². The van der Waals surface area contributed by atoms with Gasteiger partial charge >= 0.3 is 6.09 Å². The lowest BCUT2D eigenvalue weighted by molar-refractivity contribution is -0.123. The van der Waals surface area contributed by atoms with Crippen molar-refractivity contribution in [2.45, 2.75) is 38.4 Å². The zero-order valence-corrected chi connectivity index (χ0v) is 24.3. The number of methoxy groups -OCH3 is 1. The summed E-state index contributed by atoms with van der Waals surface area (Å²) in [6.45, 7) is 4.98. The number of benzene rings is 1. The average molecular weight is 595 g/mol. The molecule has 0 saturated carbocycles. The molecule has 1 aliphatic heterocycles. The molecule has 0 bridgehead atoms. The first-order valence-electron chi connectivity index (χ1n) is 13.1. The van der Waals surface area contributed by atoms with Crippen LogP contribution >= 0.6 is 11.6 Å². The fourth-order valence-corrected chi connectivity index (χ4v) is 5.12. The van der Waals surface area contributed by atoms with E-state index in [-0.39, 0.29) is 23.7 Å². The minimum Gasteiger partial charge on any atom is -0.453 e. The number of imidazole rings is 1. The number of piperidine rings is 1. The molecule has 5 N–H and O–H groups in total. The summed E-state index contributed by atoms with van der Waals surface area (Å²) in [4.78, 5) is 36.6. The Morgan fingerprint density at radius 1 is 1.33 bits per heavy atom. The van der Waals surface area contributed by atoms with Crippen molar-refractivity contribution >= 4 is 52.4 Å². The maximum atomic E-state index is 12.1. The molecule has 15 nitrogen and oxygen atoms in total. The number of nitriles is 2. The van der Waals surface area contributed by atoms with Gasteiger partial charge in [-0.1, -0.05) is 11.6 Å². The highest BCUT2D eigenvalue weighted by Gasteiger charge is 2.37. The summed E-state index contributed by atoms with van der Waals surface area (Å²) in [7, 11) is 3.05. The molecule has 0 unspecified atom stereocenters. The van der Waals surface area contributed by atoms with E-state index in [9.17, 15) is 20.1 Å². The highest BCUT2D eigenvalue weighted by molar-refractivity contribution is 6.36. The van der Waals surface area contributed by atoms with Crippen molar-refractivity contribution in [3.05, 3.63) is 34.6 Å². The van der Waals surface area contributed by atoms with E-state index in [0.29, 0.717) is 59.5 Å². The molecule has 1 saturated heterocycles. The van der Waals surface area contributed by atoms with Crippen molar-refractivity contribution in [1.82, 2.24) is 29.8 Å². The van der Waals surface area contributed by atoms with Crippen LogP contribution in [0.15, 0.2) is 18.3 Å². The third-order valence-electron chi connectivity index (χ3n) is 7.21. The average Bonchev–Trinajstić information content (AvgIpc) is 3.41. The Morgan fingerprint density at radius 2 is 2.10 bits per heavy atom. The molecule has 1 fully saturated rings. The number of nitrogens with zero attached hydrogens (tertiary/aromatic N) is 8. The number of carbonyl (C=O) groups is 2. The first-order valence-corrected chi connectivity index (χ1v) is 13.5. The van der Waals surface area contributed by atoms with Crippen molar-refractivity contribution in [2.75, 3.05) is 49.3 Å². The van der Waals surface area contributed by atoms with Gasteiger partial charge in [-0.05, 0) is 39.4 Å². The number of fused-ring (bicyclic) bond motifs is 1. The minimum absolute atomic E-state index is 0.129. The number of nitrogens with one attached hydrogen (secondary N) is 3. The van der Waals surface area contributed by atoms with Gasteiger partial charge < -0.3 is 31.3 Å². The molecular weight excluding hydrogens is 564 g/mol. The Bertz CT molecular complexity index is 1580. The quantitative estimate of drug-likeness (QED) is 0.280. The standard InChI is InChI=1S/C26H31ClN12O3/c1-5-31-23-24-32-12-16(11-29)39(24)36-25(35-23)33-18-8-15(10-28)9-19(21(18)27)38-7-6-17(34-26(41)42-4)20(13-38)37(3)14(2)22(30)40/h8-9,12,14,17,20H,5-7,13H2,1-4H3,(H2,30,40)(H,34,41)(H2,31,33,35,36)/t14-,17-,20+/m1/s1. The fourth-order valence-electron chi connectivity index (χ4n) is 4.84. The van der Waals surface area contributed by atoms with Crippen LogP contribution < -0.4 is 26.6 Å². The van der Waals surface area contributed by atoms with Crippen LogP contribution in [-0.4, -0.2) is 88.4 Å². The van der Waals surface area contributed by atoms with Crippen molar-refractivity contribution in [3.8, 4) is 12.1 Å². The smallest absolute Gasteiger partial charge is 0.407 e. The molecule has 42 heavy (non-hydrogen) atoms. The molecule has 0 aliphatic carbocycles. The number of ether oxygens (including phenoxy) is 1. The first kappa shape index (κ1) is 30.1. The number of alkyl carbamates (subject to hydrolysis) is 1. The summed E-state index contributed by atoms with van der Waals surface area (Å²) in [5, 5.41) is 33.1. The number of anilines is 4. The molecule has 1 aliphatic rings. The Labute approximate surface area is 247 Å². The van der Waals surface area contributed by atoms with E-state index in [1.54, 1.807) is 31.0 Å². The number of aromatic nitrogens is 4.